The minimum atomic E-state index is -0.708. The summed E-state index contributed by atoms with van der Waals surface area (Å²) in [4.78, 5) is 23.6. The maximum atomic E-state index is 11.8. The van der Waals surface area contributed by atoms with E-state index in [2.05, 4.69) is 10.1 Å². The lowest BCUT2D eigenvalue weighted by atomic mass is 10.1. The first-order valence-corrected chi connectivity index (χ1v) is 6.46. The van der Waals surface area contributed by atoms with Crippen LogP contribution in [0, 0.1) is 0 Å². The summed E-state index contributed by atoms with van der Waals surface area (Å²) in [6, 6.07) is 5.08. The molecule has 1 atom stereocenters. The Hall–Kier alpha value is -2.24. The van der Waals surface area contributed by atoms with E-state index >= 15 is 0 Å². The molecule has 0 radical (unpaired) electrons. The highest BCUT2D eigenvalue weighted by atomic mass is 16.5. The molecule has 0 spiro atoms. The highest BCUT2D eigenvalue weighted by molar-refractivity contribution is 5.98. The van der Waals surface area contributed by atoms with Crippen LogP contribution in [0.3, 0.4) is 0 Å². The van der Waals surface area contributed by atoms with E-state index < -0.39 is 12.1 Å². The molecule has 1 aliphatic rings. The van der Waals surface area contributed by atoms with Crippen LogP contribution in [-0.4, -0.2) is 31.1 Å². The van der Waals surface area contributed by atoms with Crippen molar-refractivity contribution in [1.29, 1.82) is 0 Å². The van der Waals surface area contributed by atoms with Crippen molar-refractivity contribution in [1.82, 2.24) is 5.32 Å². The van der Waals surface area contributed by atoms with Gasteiger partial charge in [-0.05, 0) is 31.9 Å². The van der Waals surface area contributed by atoms with Crippen LogP contribution >= 0.6 is 0 Å². The van der Waals surface area contributed by atoms with Crippen LogP contribution in [0.4, 0.5) is 5.69 Å². The molecule has 20 heavy (non-hydrogen) atoms. The zero-order valence-electron chi connectivity index (χ0n) is 11.5. The van der Waals surface area contributed by atoms with Gasteiger partial charge >= 0.3 is 5.97 Å². The van der Waals surface area contributed by atoms with Crippen LogP contribution in [0.1, 0.15) is 30.1 Å². The molecular formula is C14H18N2O4. The second-order valence-corrected chi connectivity index (χ2v) is 4.75. The molecule has 1 amide bonds. The number of carbonyl (C=O) groups excluding carboxylic acids is 2. The number of methoxy groups -OCH3 is 1. The maximum absolute atomic E-state index is 11.8. The van der Waals surface area contributed by atoms with Crippen molar-refractivity contribution in [2.45, 2.75) is 31.9 Å². The Morgan fingerprint density at radius 1 is 1.40 bits per heavy atom. The summed E-state index contributed by atoms with van der Waals surface area (Å²) in [7, 11) is 1.27. The summed E-state index contributed by atoms with van der Waals surface area (Å²) in [6.07, 6.45) is 1.30. The number of carbonyl (C=O) groups is 2. The Morgan fingerprint density at radius 2 is 2.10 bits per heavy atom. The van der Waals surface area contributed by atoms with Crippen molar-refractivity contribution in [3.8, 4) is 5.75 Å². The Balaban J connectivity index is 2.13. The zero-order chi connectivity index (χ0) is 14.7. The molecule has 0 heterocycles. The van der Waals surface area contributed by atoms with Crippen LogP contribution < -0.4 is 15.8 Å². The molecule has 1 aromatic rings. The quantitative estimate of drug-likeness (QED) is 0.621. The predicted molar refractivity (Wildman–Crippen MR) is 73.4 cm³/mol. The maximum Gasteiger partial charge on any atom is 0.343 e. The van der Waals surface area contributed by atoms with Crippen LogP contribution in [-0.2, 0) is 9.53 Å². The average Bonchev–Trinajstić information content (AvgIpc) is 3.22. The van der Waals surface area contributed by atoms with Gasteiger partial charge in [0.2, 0.25) is 0 Å². The summed E-state index contributed by atoms with van der Waals surface area (Å²) >= 11 is 0. The highest BCUT2D eigenvalue weighted by Gasteiger charge is 2.27. The van der Waals surface area contributed by atoms with Crippen LogP contribution in [0.2, 0.25) is 0 Å². The molecule has 6 heteroatoms. The first-order valence-electron chi connectivity index (χ1n) is 6.46. The van der Waals surface area contributed by atoms with Crippen LogP contribution in [0.15, 0.2) is 18.2 Å². The zero-order valence-corrected chi connectivity index (χ0v) is 11.5. The first-order chi connectivity index (χ1) is 9.52. The van der Waals surface area contributed by atoms with E-state index in [9.17, 15) is 9.59 Å². The van der Waals surface area contributed by atoms with Gasteiger partial charge in [-0.3, -0.25) is 4.79 Å². The molecule has 0 aliphatic heterocycles. The molecule has 108 valence electrons. The second-order valence-electron chi connectivity index (χ2n) is 4.75. The highest BCUT2D eigenvalue weighted by Crippen LogP contribution is 2.26. The lowest BCUT2D eigenvalue weighted by molar-refractivity contribution is -0.127. The van der Waals surface area contributed by atoms with Crippen molar-refractivity contribution < 1.29 is 19.1 Å². The fourth-order valence-corrected chi connectivity index (χ4v) is 1.76. The SMILES string of the molecule is COC(=O)c1c(N)cccc1OC(C)C(=O)NC1CC1. The van der Waals surface area contributed by atoms with Gasteiger partial charge in [0.1, 0.15) is 11.3 Å². The van der Waals surface area contributed by atoms with E-state index in [1.807, 2.05) is 0 Å². The van der Waals surface area contributed by atoms with Gasteiger partial charge < -0.3 is 20.5 Å². The van der Waals surface area contributed by atoms with Gasteiger partial charge in [-0.1, -0.05) is 6.07 Å². The molecule has 3 N–H and O–H groups in total. The van der Waals surface area contributed by atoms with Crippen LogP contribution in [0.25, 0.3) is 0 Å². The molecule has 0 saturated heterocycles. The Labute approximate surface area is 117 Å². The molecule has 2 rings (SSSR count). The standard InChI is InChI=1S/C14H18N2O4/c1-8(13(17)16-9-6-7-9)20-11-5-3-4-10(15)12(11)14(18)19-2/h3-5,8-9H,6-7,15H2,1-2H3,(H,16,17). The lowest BCUT2D eigenvalue weighted by Gasteiger charge is -2.17. The van der Waals surface area contributed by atoms with Gasteiger partial charge in [-0.25, -0.2) is 4.79 Å². The number of nitrogens with one attached hydrogen (secondary N) is 1. The van der Waals surface area contributed by atoms with E-state index in [-0.39, 0.29) is 28.9 Å². The smallest absolute Gasteiger partial charge is 0.343 e. The Kier molecular flexibility index (Phi) is 4.12. The third-order valence-corrected chi connectivity index (χ3v) is 3.04. The number of hydrogen-bond donors (Lipinski definition) is 2. The first kappa shape index (κ1) is 14.2. The fourth-order valence-electron chi connectivity index (χ4n) is 1.76. The number of esters is 1. The number of anilines is 1. The minimum absolute atomic E-state index is 0.140. The van der Waals surface area contributed by atoms with Crippen molar-refractivity contribution >= 4 is 17.6 Å². The summed E-state index contributed by atoms with van der Waals surface area (Å²) in [5.41, 5.74) is 6.15. The number of amides is 1. The molecule has 1 fully saturated rings. The second kappa shape index (κ2) is 5.81. The third kappa shape index (κ3) is 3.20. The number of nitrogens with two attached hydrogens (primary N) is 1. The average molecular weight is 278 g/mol. The van der Waals surface area contributed by atoms with Crippen molar-refractivity contribution in [3.05, 3.63) is 23.8 Å². The summed E-state index contributed by atoms with van der Waals surface area (Å²) in [5, 5.41) is 2.84. The van der Waals surface area contributed by atoms with Crippen molar-refractivity contribution in [3.63, 3.8) is 0 Å². The monoisotopic (exact) mass is 278 g/mol. The normalized spacial score (nSPS) is 15.3. The van der Waals surface area contributed by atoms with Gasteiger partial charge in [-0.15, -0.1) is 0 Å². The van der Waals surface area contributed by atoms with Crippen molar-refractivity contribution in [2.24, 2.45) is 0 Å². The van der Waals surface area contributed by atoms with Gasteiger partial charge in [0.05, 0.1) is 7.11 Å². The number of hydrogen-bond acceptors (Lipinski definition) is 5. The summed E-state index contributed by atoms with van der Waals surface area (Å²) in [6.45, 7) is 1.63. The number of rotatable bonds is 5. The van der Waals surface area contributed by atoms with Gasteiger partial charge in [-0.2, -0.15) is 0 Å². The Morgan fingerprint density at radius 3 is 2.70 bits per heavy atom. The van der Waals surface area contributed by atoms with E-state index in [1.54, 1.807) is 25.1 Å². The fraction of sp³-hybridized carbons (Fsp3) is 0.429. The molecular weight excluding hydrogens is 260 g/mol. The molecule has 1 saturated carbocycles. The minimum Gasteiger partial charge on any atom is -0.480 e. The lowest BCUT2D eigenvalue weighted by Crippen LogP contribution is -2.37. The predicted octanol–water partition coefficient (Wildman–Crippen LogP) is 1.10. The van der Waals surface area contributed by atoms with E-state index in [0.29, 0.717) is 0 Å². The number of nitrogen functional groups attached to an aromatic ring is 1. The van der Waals surface area contributed by atoms with Gasteiger partial charge in [0.15, 0.2) is 6.10 Å². The number of ether oxygens (including phenoxy) is 2. The van der Waals surface area contributed by atoms with Crippen molar-refractivity contribution in [2.75, 3.05) is 12.8 Å². The van der Waals surface area contributed by atoms with E-state index in [1.165, 1.54) is 7.11 Å². The van der Waals surface area contributed by atoms with Crippen LogP contribution in [0.5, 0.6) is 5.75 Å². The molecule has 1 aliphatic carbocycles. The summed E-state index contributed by atoms with van der Waals surface area (Å²) in [5.74, 6) is -0.547. The van der Waals surface area contributed by atoms with E-state index in [0.717, 1.165) is 12.8 Å². The molecule has 1 unspecified atom stereocenters. The molecule has 6 nitrogen and oxygen atoms in total. The summed E-state index contributed by atoms with van der Waals surface area (Å²) < 4.78 is 10.2. The van der Waals surface area contributed by atoms with Gasteiger partial charge in [0.25, 0.3) is 5.91 Å². The molecule has 0 bridgehead atoms. The molecule has 0 aromatic heterocycles. The molecule has 1 aromatic carbocycles. The van der Waals surface area contributed by atoms with E-state index in [4.69, 9.17) is 10.5 Å². The number of benzene rings is 1. The third-order valence-electron chi connectivity index (χ3n) is 3.04. The van der Waals surface area contributed by atoms with Gasteiger partial charge in [0, 0.05) is 11.7 Å². The Bertz CT molecular complexity index is 526. The largest absolute Gasteiger partial charge is 0.480 e. The topological polar surface area (TPSA) is 90.7 Å².